The maximum Gasteiger partial charge on any atom is 0.333 e. The molecule has 4 aliphatic rings. The number of hydrogen-bond donors (Lipinski definition) is 0. The van der Waals surface area contributed by atoms with Gasteiger partial charge < -0.3 is 37.9 Å². The van der Waals surface area contributed by atoms with Crippen LogP contribution in [0.2, 0.25) is 0 Å². The Labute approximate surface area is 432 Å². The second-order valence-electron chi connectivity index (χ2n) is 17.5. The van der Waals surface area contributed by atoms with E-state index in [4.69, 9.17) is 37.9 Å². The van der Waals surface area contributed by atoms with E-state index in [1.54, 1.807) is 97.1 Å². The topological polar surface area (TPSA) is 210 Å². The van der Waals surface area contributed by atoms with Crippen LogP contribution in [0.1, 0.15) is 72.1 Å². The summed E-state index contributed by atoms with van der Waals surface area (Å²) in [7, 11) is 0. The van der Waals surface area contributed by atoms with Crippen LogP contribution in [-0.2, 0) is 38.2 Å². The highest BCUT2D eigenvalue weighted by atomic mass is 32.2. The van der Waals surface area contributed by atoms with Crippen molar-refractivity contribution in [3.8, 4) is 34.5 Å². The van der Waals surface area contributed by atoms with E-state index >= 15 is 0 Å². The number of hydrogen-bond acceptors (Lipinski definition) is 18. The van der Waals surface area contributed by atoms with Crippen molar-refractivity contribution in [1.29, 1.82) is 0 Å². The Kier molecular flexibility index (Phi) is 15.7. The Morgan fingerprint density at radius 1 is 0.459 bits per heavy atom. The molecule has 0 spiro atoms. The van der Waals surface area contributed by atoms with Crippen LogP contribution in [0.25, 0.3) is 10.8 Å². The number of benzene rings is 5. The normalized spacial score (nSPS) is 18.8. The van der Waals surface area contributed by atoms with E-state index in [0.717, 1.165) is 35.7 Å². The molecule has 74 heavy (non-hydrogen) atoms. The Bertz CT molecular complexity index is 2920. The summed E-state index contributed by atoms with van der Waals surface area (Å²) in [6, 6.07) is 26.1. The van der Waals surface area contributed by atoms with Crippen molar-refractivity contribution in [2.24, 2.45) is 23.7 Å². The number of fused-ring (bicyclic) bond motifs is 3. The van der Waals surface area contributed by atoms with E-state index in [1.165, 1.54) is 0 Å². The van der Waals surface area contributed by atoms with Gasteiger partial charge in [0.25, 0.3) is 0 Å². The summed E-state index contributed by atoms with van der Waals surface area (Å²) < 4.78 is 44.7. The van der Waals surface area contributed by atoms with E-state index in [1.807, 2.05) is 0 Å². The number of carbonyl (C=O) groups is 8. The first-order valence-electron chi connectivity index (χ1n) is 23.7. The number of Topliss-reactive ketones (excluding diaryl/α,β-unsaturated/α-hetero) is 2. The molecule has 2 saturated carbocycles. The van der Waals surface area contributed by atoms with Crippen LogP contribution >= 0.6 is 23.5 Å². The highest BCUT2D eigenvalue weighted by molar-refractivity contribution is 8.25. The van der Waals surface area contributed by atoms with Crippen molar-refractivity contribution in [1.82, 2.24) is 0 Å². The summed E-state index contributed by atoms with van der Waals surface area (Å²) in [6.07, 6.45) is 4.83. The third kappa shape index (κ3) is 11.3. The zero-order valence-corrected chi connectivity index (χ0v) is 41.2. The van der Waals surface area contributed by atoms with Crippen LogP contribution in [-0.4, -0.2) is 61.0 Å². The van der Waals surface area contributed by atoms with Gasteiger partial charge in [0.15, 0.2) is 23.1 Å². The standard InChI is InChI=1S/C56H46O16S2/c1-3-43(57)67-29-65-35-21-25-37(26-22-35)69-52(61)31-13-17-33(18-14-31)54(63)71-48-41-11-7-8-12-42(41)49(51-50(48)73-56(74-51)45-46(59)39-9-5-6-10-40(39)47(45)60)72-55(64)34-19-15-32(16-20-34)53(62)70-38-27-23-36(24-28-38)66-30-68-44(58)4-2/h3-12,21-28,31-34H,1-2,13-20,29-30H2. The highest BCUT2D eigenvalue weighted by Crippen LogP contribution is 2.62. The molecule has 0 unspecified atom stereocenters. The van der Waals surface area contributed by atoms with Crippen molar-refractivity contribution in [3.05, 3.63) is 143 Å². The van der Waals surface area contributed by atoms with Crippen molar-refractivity contribution in [2.45, 2.75) is 61.2 Å². The first kappa shape index (κ1) is 51.0. The Morgan fingerprint density at radius 3 is 1.14 bits per heavy atom. The van der Waals surface area contributed by atoms with Gasteiger partial charge in [0, 0.05) is 34.1 Å². The Hall–Kier alpha value is -7.96. The van der Waals surface area contributed by atoms with E-state index in [0.29, 0.717) is 99.2 Å². The summed E-state index contributed by atoms with van der Waals surface area (Å²) in [5.41, 5.74) is 0.528. The van der Waals surface area contributed by atoms with Gasteiger partial charge in [0.1, 0.15) is 23.0 Å². The predicted octanol–water partition coefficient (Wildman–Crippen LogP) is 10.1. The minimum Gasteiger partial charge on any atom is -0.457 e. The maximum absolute atomic E-state index is 14.2. The number of allylic oxidation sites excluding steroid dienone is 1. The lowest BCUT2D eigenvalue weighted by molar-refractivity contribution is -0.145. The molecule has 0 amide bonds. The lowest BCUT2D eigenvalue weighted by Gasteiger charge is -2.27. The fraction of sp³-hybridized carbons (Fsp3) is 0.250. The van der Waals surface area contributed by atoms with Gasteiger partial charge in [-0.15, -0.1) is 0 Å². The number of thioether (sulfide) groups is 2. The quantitative estimate of drug-likeness (QED) is 0.0296. The third-order valence-corrected chi connectivity index (χ3v) is 15.6. The van der Waals surface area contributed by atoms with Crippen LogP contribution in [0, 0.1) is 23.7 Å². The minimum absolute atomic E-state index is 0.0296. The molecule has 1 aliphatic heterocycles. The predicted molar refractivity (Wildman–Crippen MR) is 268 cm³/mol. The van der Waals surface area contributed by atoms with E-state index in [2.05, 4.69) is 13.2 Å². The van der Waals surface area contributed by atoms with Crippen molar-refractivity contribution >= 4 is 81.7 Å². The molecule has 3 aliphatic carbocycles. The molecule has 0 radical (unpaired) electrons. The molecular weight excluding hydrogens is 993 g/mol. The number of ketones is 2. The molecule has 5 aromatic carbocycles. The second-order valence-corrected chi connectivity index (χ2v) is 19.8. The van der Waals surface area contributed by atoms with Crippen LogP contribution in [0.5, 0.6) is 34.5 Å². The van der Waals surface area contributed by atoms with Crippen LogP contribution in [0.15, 0.2) is 142 Å². The van der Waals surface area contributed by atoms with Crippen molar-refractivity contribution < 1.29 is 76.3 Å². The molecule has 1 heterocycles. The van der Waals surface area contributed by atoms with Crippen LogP contribution in [0.3, 0.4) is 0 Å². The second kappa shape index (κ2) is 22.9. The van der Waals surface area contributed by atoms with Gasteiger partial charge in [-0.3, -0.25) is 28.8 Å². The summed E-state index contributed by atoms with van der Waals surface area (Å²) in [4.78, 5) is 106. The number of rotatable bonds is 16. The monoisotopic (exact) mass is 1040 g/mol. The van der Waals surface area contributed by atoms with Gasteiger partial charge in [-0.25, -0.2) is 9.59 Å². The SMILES string of the molecule is C=CC(=O)OCOc1ccc(OC(=O)C2CCC(C(=O)Oc3c4c(c(OC(=O)C5CCC(C(=O)Oc6ccc(OCOC(=O)C=C)cc6)CC5)c5ccccc35)SC(=C3C(=O)c5ccccc5C3=O)S4)CC2)cc1. The summed E-state index contributed by atoms with van der Waals surface area (Å²) in [5.74, 6) is -4.43. The minimum atomic E-state index is -0.628. The Morgan fingerprint density at radius 2 is 0.784 bits per heavy atom. The third-order valence-electron chi connectivity index (χ3n) is 13.0. The molecule has 0 saturated heterocycles. The molecule has 9 rings (SSSR count). The van der Waals surface area contributed by atoms with Gasteiger partial charge in [0.2, 0.25) is 13.6 Å². The molecule has 2 fully saturated rings. The van der Waals surface area contributed by atoms with Gasteiger partial charge >= 0.3 is 35.8 Å². The first-order valence-corrected chi connectivity index (χ1v) is 25.3. The van der Waals surface area contributed by atoms with Crippen molar-refractivity contribution in [3.63, 3.8) is 0 Å². The average molecular weight is 1040 g/mol. The molecule has 5 aromatic rings. The summed E-state index contributed by atoms with van der Waals surface area (Å²) >= 11 is 2.20. The molecule has 378 valence electrons. The maximum atomic E-state index is 14.2. The summed E-state index contributed by atoms with van der Waals surface area (Å²) in [5, 5.41) is 0.922. The average Bonchev–Trinajstić information content (AvgIpc) is 3.97. The smallest absolute Gasteiger partial charge is 0.333 e. The van der Waals surface area contributed by atoms with Crippen LogP contribution < -0.4 is 28.4 Å². The fourth-order valence-corrected chi connectivity index (χ4v) is 11.7. The molecule has 16 nitrogen and oxygen atoms in total. The molecular formula is C56H46O16S2. The molecule has 0 atom stereocenters. The zero-order valence-electron chi connectivity index (χ0n) is 39.5. The van der Waals surface area contributed by atoms with E-state index < -0.39 is 71.1 Å². The largest absolute Gasteiger partial charge is 0.457 e. The van der Waals surface area contributed by atoms with E-state index in [-0.39, 0.29) is 41.8 Å². The number of esters is 6. The van der Waals surface area contributed by atoms with E-state index in [9.17, 15) is 38.4 Å². The Balaban J connectivity index is 0.884. The fourth-order valence-electron chi connectivity index (χ4n) is 9.00. The molecule has 0 N–H and O–H groups in total. The number of ether oxygens (including phenoxy) is 8. The van der Waals surface area contributed by atoms with Crippen LogP contribution in [0.4, 0.5) is 0 Å². The number of carbonyl (C=O) groups excluding carboxylic acids is 8. The molecule has 18 heteroatoms. The first-order chi connectivity index (χ1) is 35.9. The van der Waals surface area contributed by atoms with Gasteiger partial charge in [-0.05, 0) is 99.9 Å². The van der Waals surface area contributed by atoms with Gasteiger partial charge in [-0.2, -0.15) is 0 Å². The van der Waals surface area contributed by atoms with Gasteiger partial charge in [0.05, 0.1) is 43.3 Å². The molecule has 0 aromatic heterocycles. The lowest BCUT2D eigenvalue weighted by Crippen LogP contribution is -2.30. The van der Waals surface area contributed by atoms with Gasteiger partial charge in [-0.1, -0.05) is 85.2 Å². The summed E-state index contributed by atoms with van der Waals surface area (Å²) in [6.45, 7) is 6.03. The molecule has 0 bridgehead atoms. The van der Waals surface area contributed by atoms with Crippen molar-refractivity contribution in [2.75, 3.05) is 13.6 Å². The zero-order chi connectivity index (χ0) is 51.9. The lowest BCUT2D eigenvalue weighted by atomic mass is 9.82. The highest BCUT2D eigenvalue weighted by Gasteiger charge is 2.42.